The average Bonchev–Trinajstić information content (AvgIpc) is 2.18. The molecule has 1 aromatic rings. The summed E-state index contributed by atoms with van der Waals surface area (Å²) in [6.07, 6.45) is 1.08. The van der Waals surface area contributed by atoms with Crippen molar-refractivity contribution in [3.05, 3.63) is 27.9 Å². The highest BCUT2D eigenvalue weighted by Gasteiger charge is 2.17. The fraction of sp³-hybridized carbons (Fsp3) is 0.250. The molecule has 7 heteroatoms. The molecular weight excluding hydrogens is 202 g/mol. The topological polar surface area (TPSA) is 105 Å². The Hall–Kier alpha value is -2.18. The number of aromatic carboxylic acids is 1. The molecule has 7 nitrogen and oxygen atoms in total. The molecule has 0 amide bonds. The molecule has 0 radical (unpaired) electrons. The fourth-order valence-electron chi connectivity index (χ4n) is 1.01. The van der Waals surface area contributed by atoms with Gasteiger partial charge in [-0.2, -0.15) is 0 Å². The summed E-state index contributed by atoms with van der Waals surface area (Å²) in [5.74, 6) is -1.17. The third-order valence-electron chi connectivity index (χ3n) is 1.66. The van der Waals surface area contributed by atoms with E-state index in [1.807, 2.05) is 0 Å². The van der Waals surface area contributed by atoms with Gasteiger partial charge in [0.15, 0.2) is 0 Å². The van der Waals surface area contributed by atoms with E-state index in [4.69, 9.17) is 5.11 Å². The van der Waals surface area contributed by atoms with E-state index >= 15 is 0 Å². The first-order valence-corrected chi connectivity index (χ1v) is 4.17. The van der Waals surface area contributed by atoms with Crippen molar-refractivity contribution < 1.29 is 14.8 Å². The summed E-state index contributed by atoms with van der Waals surface area (Å²) < 4.78 is 0. The number of rotatable bonds is 4. The van der Waals surface area contributed by atoms with E-state index in [1.165, 1.54) is 0 Å². The van der Waals surface area contributed by atoms with Crippen molar-refractivity contribution in [1.82, 2.24) is 4.98 Å². The number of carboxylic acid groups (broad SMARTS) is 1. The van der Waals surface area contributed by atoms with Crippen LogP contribution in [0.4, 0.5) is 11.5 Å². The summed E-state index contributed by atoms with van der Waals surface area (Å²) in [5.41, 5.74) is -0.542. The van der Waals surface area contributed by atoms with Crippen molar-refractivity contribution in [3.8, 4) is 0 Å². The second kappa shape index (κ2) is 4.36. The Kier molecular flexibility index (Phi) is 3.17. The van der Waals surface area contributed by atoms with Crippen LogP contribution in [0.25, 0.3) is 0 Å². The highest BCUT2D eigenvalue weighted by molar-refractivity contribution is 5.88. The maximum absolute atomic E-state index is 10.6. The molecule has 0 aromatic carbocycles. The van der Waals surface area contributed by atoms with E-state index in [0.717, 1.165) is 12.3 Å². The van der Waals surface area contributed by atoms with E-state index in [2.05, 4.69) is 10.3 Å². The van der Waals surface area contributed by atoms with Crippen molar-refractivity contribution in [2.45, 2.75) is 6.92 Å². The first-order valence-electron chi connectivity index (χ1n) is 4.17. The molecule has 0 aliphatic heterocycles. The maximum Gasteiger partial charge on any atom is 0.337 e. The molecule has 1 heterocycles. The molecule has 0 aliphatic rings. The molecule has 1 aromatic heterocycles. The van der Waals surface area contributed by atoms with Crippen LogP contribution in [0.3, 0.4) is 0 Å². The van der Waals surface area contributed by atoms with Crippen molar-refractivity contribution in [2.75, 3.05) is 11.9 Å². The lowest BCUT2D eigenvalue weighted by Crippen LogP contribution is -2.06. The molecule has 0 saturated heterocycles. The van der Waals surface area contributed by atoms with Crippen LogP contribution in [-0.4, -0.2) is 27.5 Å². The minimum Gasteiger partial charge on any atom is -0.478 e. The van der Waals surface area contributed by atoms with Gasteiger partial charge in [-0.3, -0.25) is 10.1 Å². The predicted molar refractivity (Wildman–Crippen MR) is 52.0 cm³/mol. The Bertz CT molecular complexity index is 405. The van der Waals surface area contributed by atoms with Gasteiger partial charge in [0.25, 0.3) is 0 Å². The summed E-state index contributed by atoms with van der Waals surface area (Å²) in [6, 6.07) is 0.979. The van der Waals surface area contributed by atoms with Gasteiger partial charge in [0.2, 0.25) is 5.82 Å². The number of anilines is 1. The molecule has 0 aliphatic carbocycles. The van der Waals surface area contributed by atoms with Gasteiger partial charge in [-0.05, 0) is 6.92 Å². The maximum atomic E-state index is 10.6. The van der Waals surface area contributed by atoms with Gasteiger partial charge in [0.1, 0.15) is 0 Å². The Morgan fingerprint density at radius 1 is 1.73 bits per heavy atom. The van der Waals surface area contributed by atoms with Crippen molar-refractivity contribution in [3.63, 3.8) is 0 Å². The number of aromatic nitrogens is 1. The van der Waals surface area contributed by atoms with Crippen molar-refractivity contribution in [2.24, 2.45) is 0 Å². The van der Waals surface area contributed by atoms with Gasteiger partial charge in [0, 0.05) is 18.8 Å². The number of hydrogen-bond donors (Lipinski definition) is 2. The Morgan fingerprint density at radius 3 is 2.87 bits per heavy atom. The zero-order valence-corrected chi connectivity index (χ0v) is 7.93. The summed E-state index contributed by atoms with van der Waals surface area (Å²) in [4.78, 5) is 24.2. The van der Waals surface area contributed by atoms with Gasteiger partial charge >= 0.3 is 11.7 Å². The van der Waals surface area contributed by atoms with Crippen LogP contribution in [0.15, 0.2) is 12.3 Å². The Morgan fingerprint density at radius 2 is 2.40 bits per heavy atom. The van der Waals surface area contributed by atoms with Gasteiger partial charge in [-0.25, -0.2) is 9.78 Å². The van der Waals surface area contributed by atoms with Crippen molar-refractivity contribution >= 4 is 17.5 Å². The van der Waals surface area contributed by atoms with Crippen LogP contribution in [0.2, 0.25) is 0 Å². The van der Waals surface area contributed by atoms with Gasteiger partial charge in [-0.15, -0.1) is 0 Å². The highest BCUT2D eigenvalue weighted by Crippen LogP contribution is 2.22. The molecule has 0 bridgehead atoms. The highest BCUT2D eigenvalue weighted by atomic mass is 16.6. The minimum absolute atomic E-state index is 0.0764. The average molecular weight is 211 g/mol. The van der Waals surface area contributed by atoms with E-state index in [9.17, 15) is 14.9 Å². The molecule has 1 rings (SSSR count). The normalized spacial score (nSPS) is 9.67. The number of hydrogen-bond acceptors (Lipinski definition) is 5. The summed E-state index contributed by atoms with van der Waals surface area (Å²) in [6.45, 7) is 2.23. The number of nitrogens with one attached hydrogen (secondary N) is 1. The number of carboxylic acids is 1. The SMILES string of the molecule is CCNc1ncc(C(=O)O)cc1[N+](=O)[O-]. The Balaban J connectivity index is 3.20. The van der Waals surface area contributed by atoms with Crippen LogP contribution in [0, 0.1) is 10.1 Å². The number of carbonyl (C=O) groups is 1. The minimum atomic E-state index is -1.24. The van der Waals surface area contributed by atoms with Crippen LogP contribution in [0.5, 0.6) is 0 Å². The van der Waals surface area contributed by atoms with Crippen LogP contribution in [0.1, 0.15) is 17.3 Å². The van der Waals surface area contributed by atoms with Gasteiger partial charge in [0.05, 0.1) is 10.5 Å². The number of nitro groups is 1. The second-order valence-corrected chi connectivity index (χ2v) is 2.68. The molecule has 15 heavy (non-hydrogen) atoms. The summed E-state index contributed by atoms with van der Waals surface area (Å²) in [7, 11) is 0. The molecule has 0 atom stereocenters. The number of nitrogens with zero attached hydrogens (tertiary/aromatic N) is 2. The number of pyridine rings is 1. The standard InChI is InChI=1S/C8H9N3O4/c1-2-9-7-6(11(14)15)3-5(4-10-7)8(12)13/h3-4H,2H2,1H3,(H,9,10)(H,12,13). The zero-order valence-electron chi connectivity index (χ0n) is 7.93. The zero-order chi connectivity index (χ0) is 11.4. The first kappa shape index (κ1) is 10.9. The fourth-order valence-corrected chi connectivity index (χ4v) is 1.01. The first-order chi connectivity index (χ1) is 7.06. The molecule has 0 saturated carbocycles. The van der Waals surface area contributed by atoms with E-state index in [0.29, 0.717) is 6.54 Å². The third-order valence-corrected chi connectivity index (χ3v) is 1.66. The molecule has 2 N–H and O–H groups in total. The monoisotopic (exact) mass is 211 g/mol. The van der Waals surface area contributed by atoms with Crippen LogP contribution >= 0.6 is 0 Å². The smallest absolute Gasteiger partial charge is 0.337 e. The lowest BCUT2D eigenvalue weighted by molar-refractivity contribution is -0.384. The van der Waals surface area contributed by atoms with E-state index < -0.39 is 10.9 Å². The second-order valence-electron chi connectivity index (χ2n) is 2.68. The molecule has 0 unspecified atom stereocenters. The molecule has 0 fully saturated rings. The van der Waals surface area contributed by atoms with Gasteiger partial charge < -0.3 is 10.4 Å². The predicted octanol–water partition coefficient (Wildman–Crippen LogP) is 1.12. The lowest BCUT2D eigenvalue weighted by atomic mass is 10.2. The third kappa shape index (κ3) is 2.39. The molecular formula is C8H9N3O4. The Labute approximate surface area is 84.9 Å². The summed E-state index contributed by atoms with van der Waals surface area (Å²) >= 11 is 0. The summed E-state index contributed by atoms with van der Waals surface area (Å²) in [5, 5.41) is 21.9. The van der Waals surface area contributed by atoms with E-state index in [1.54, 1.807) is 6.92 Å². The largest absolute Gasteiger partial charge is 0.478 e. The molecule has 0 spiro atoms. The lowest BCUT2D eigenvalue weighted by Gasteiger charge is -2.03. The van der Waals surface area contributed by atoms with Crippen LogP contribution in [-0.2, 0) is 0 Å². The van der Waals surface area contributed by atoms with E-state index in [-0.39, 0.29) is 17.1 Å². The van der Waals surface area contributed by atoms with Crippen LogP contribution < -0.4 is 5.32 Å². The van der Waals surface area contributed by atoms with Crippen molar-refractivity contribution in [1.29, 1.82) is 0 Å². The molecule has 80 valence electrons. The van der Waals surface area contributed by atoms with Gasteiger partial charge in [-0.1, -0.05) is 0 Å². The quantitative estimate of drug-likeness (QED) is 0.571.